The van der Waals surface area contributed by atoms with Crippen molar-refractivity contribution in [3.63, 3.8) is 0 Å². The average molecular weight is 435 g/mol. The van der Waals surface area contributed by atoms with Gasteiger partial charge in [-0.1, -0.05) is 30.3 Å². The van der Waals surface area contributed by atoms with Crippen molar-refractivity contribution in [2.45, 2.75) is 5.37 Å². The van der Waals surface area contributed by atoms with Crippen molar-refractivity contribution in [1.29, 1.82) is 0 Å². The van der Waals surface area contributed by atoms with Gasteiger partial charge in [0, 0.05) is 17.4 Å². The molecule has 158 valence electrons. The lowest BCUT2D eigenvalue weighted by Crippen LogP contribution is -2.27. The Morgan fingerprint density at radius 1 is 1.00 bits per heavy atom. The van der Waals surface area contributed by atoms with Gasteiger partial charge in [0.1, 0.15) is 16.9 Å². The van der Waals surface area contributed by atoms with Gasteiger partial charge in [0.25, 0.3) is 5.91 Å². The molecule has 1 unspecified atom stereocenters. The molecule has 4 rings (SSSR count). The summed E-state index contributed by atoms with van der Waals surface area (Å²) in [5.74, 6) is 1.37. The molecule has 0 aromatic heterocycles. The zero-order valence-electron chi connectivity index (χ0n) is 17.2. The summed E-state index contributed by atoms with van der Waals surface area (Å²) in [6, 6.07) is 22.1. The molecule has 0 saturated carbocycles. The Kier molecular flexibility index (Phi) is 6.13. The Bertz CT molecular complexity index is 1120. The predicted octanol–water partition coefficient (Wildman–Crippen LogP) is 4.73. The van der Waals surface area contributed by atoms with E-state index in [1.807, 2.05) is 54.6 Å². The summed E-state index contributed by atoms with van der Waals surface area (Å²) in [5, 5.41) is 2.74. The summed E-state index contributed by atoms with van der Waals surface area (Å²) in [4.78, 5) is 27.2. The molecule has 1 heterocycles. The van der Waals surface area contributed by atoms with Crippen LogP contribution >= 0.6 is 11.8 Å². The molecule has 0 aliphatic carbocycles. The fourth-order valence-electron chi connectivity index (χ4n) is 3.51. The number of hydrogen-bond donors (Lipinski definition) is 1. The molecule has 1 aliphatic heterocycles. The van der Waals surface area contributed by atoms with Crippen LogP contribution in [0.1, 0.15) is 21.3 Å². The van der Waals surface area contributed by atoms with Crippen molar-refractivity contribution in [3.8, 4) is 11.5 Å². The van der Waals surface area contributed by atoms with Crippen LogP contribution in [0.4, 0.5) is 11.4 Å². The Hall–Kier alpha value is -3.45. The van der Waals surface area contributed by atoms with E-state index in [2.05, 4.69) is 5.32 Å². The van der Waals surface area contributed by atoms with Gasteiger partial charge in [-0.3, -0.25) is 14.5 Å². The number of carbonyl (C=O) groups is 2. The van der Waals surface area contributed by atoms with Crippen LogP contribution in [0.15, 0.2) is 72.8 Å². The molecule has 3 aromatic rings. The van der Waals surface area contributed by atoms with Crippen molar-refractivity contribution < 1.29 is 19.1 Å². The minimum Gasteiger partial charge on any atom is -0.497 e. The Morgan fingerprint density at radius 3 is 2.61 bits per heavy atom. The number of hydrogen-bond acceptors (Lipinski definition) is 5. The molecular formula is C24H22N2O4S. The number of benzene rings is 3. The second kappa shape index (κ2) is 9.14. The molecule has 1 saturated heterocycles. The second-order valence-corrected chi connectivity index (χ2v) is 7.98. The van der Waals surface area contributed by atoms with E-state index in [0.717, 1.165) is 11.3 Å². The van der Waals surface area contributed by atoms with E-state index in [-0.39, 0.29) is 17.2 Å². The number of nitrogens with zero attached hydrogens (tertiary/aromatic N) is 1. The van der Waals surface area contributed by atoms with E-state index in [9.17, 15) is 9.59 Å². The summed E-state index contributed by atoms with van der Waals surface area (Å²) in [6.07, 6.45) is 0. The highest BCUT2D eigenvalue weighted by Gasteiger charge is 2.34. The number of methoxy groups -OCH3 is 2. The Balaban J connectivity index is 1.60. The van der Waals surface area contributed by atoms with Crippen LogP contribution in [0, 0.1) is 0 Å². The van der Waals surface area contributed by atoms with Gasteiger partial charge in [0.15, 0.2) is 0 Å². The van der Waals surface area contributed by atoms with Crippen LogP contribution in [0.25, 0.3) is 0 Å². The lowest BCUT2D eigenvalue weighted by Gasteiger charge is -2.25. The zero-order chi connectivity index (χ0) is 21.8. The van der Waals surface area contributed by atoms with Crippen molar-refractivity contribution in [1.82, 2.24) is 0 Å². The zero-order valence-corrected chi connectivity index (χ0v) is 18.0. The van der Waals surface area contributed by atoms with Gasteiger partial charge in [-0.2, -0.15) is 0 Å². The molecule has 1 N–H and O–H groups in total. The van der Waals surface area contributed by atoms with E-state index in [1.165, 1.54) is 7.11 Å². The third-order valence-electron chi connectivity index (χ3n) is 4.98. The average Bonchev–Trinajstić information content (AvgIpc) is 3.20. The highest BCUT2D eigenvalue weighted by atomic mass is 32.2. The highest BCUT2D eigenvalue weighted by Crippen LogP contribution is 2.43. The van der Waals surface area contributed by atoms with Crippen molar-refractivity contribution >= 4 is 35.0 Å². The van der Waals surface area contributed by atoms with Crippen LogP contribution < -0.4 is 19.7 Å². The highest BCUT2D eigenvalue weighted by molar-refractivity contribution is 8.00. The first-order chi connectivity index (χ1) is 15.1. The summed E-state index contributed by atoms with van der Waals surface area (Å²) >= 11 is 1.55. The van der Waals surface area contributed by atoms with Crippen LogP contribution in [0.5, 0.6) is 11.5 Å². The SMILES string of the molecule is COc1cccc(N2C(=O)CSC2c2cccc(NC(=O)c3ccccc3OC)c2)c1. The normalized spacial score (nSPS) is 15.6. The van der Waals surface area contributed by atoms with Crippen LogP contribution in [-0.4, -0.2) is 31.8 Å². The van der Waals surface area contributed by atoms with Gasteiger partial charge in [0.2, 0.25) is 5.91 Å². The second-order valence-electron chi connectivity index (χ2n) is 6.91. The first kappa shape index (κ1) is 20.8. The van der Waals surface area contributed by atoms with Gasteiger partial charge in [-0.05, 0) is 42.0 Å². The predicted molar refractivity (Wildman–Crippen MR) is 123 cm³/mol. The first-order valence-electron chi connectivity index (χ1n) is 9.73. The van der Waals surface area contributed by atoms with Crippen LogP contribution in [0.2, 0.25) is 0 Å². The maximum absolute atomic E-state index is 12.8. The smallest absolute Gasteiger partial charge is 0.259 e. The number of amides is 2. The Morgan fingerprint density at radius 2 is 1.81 bits per heavy atom. The van der Waals surface area contributed by atoms with Gasteiger partial charge in [-0.25, -0.2) is 0 Å². The third kappa shape index (κ3) is 4.36. The monoisotopic (exact) mass is 434 g/mol. The fourth-order valence-corrected chi connectivity index (χ4v) is 4.68. The summed E-state index contributed by atoms with van der Waals surface area (Å²) in [7, 11) is 3.14. The van der Waals surface area contributed by atoms with Gasteiger partial charge >= 0.3 is 0 Å². The van der Waals surface area contributed by atoms with E-state index in [1.54, 1.807) is 42.0 Å². The number of anilines is 2. The largest absolute Gasteiger partial charge is 0.497 e. The van der Waals surface area contributed by atoms with E-state index >= 15 is 0 Å². The van der Waals surface area contributed by atoms with Gasteiger partial charge in [0.05, 0.1) is 25.5 Å². The molecular weight excluding hydrogens is 412 g/mol. The molecule has 3 aromatic carbocycles. The number of rotatable bonds is 6. The number of thioether (sulfide) groups is 1. The molecule has 6 nitrogen and oxygen atoms in total. The van der Waals surface area contributed by atoms with Crippen molar-refractivity contribution in [2.24, 2.45) is 0 Å². The molecule has 2 amide bonds. The number of nitrogens with one attached hydrogen (secondary N) is 1. The third-order valence-corrected chi connectivity index (χ3v) is 6.19. The van der Waals surface area contributed by atoms with Gasteiger partial charge < -0.3 is 14.8 Å². The van der Waals surface area contributed by atoms with E-state index < -0.39 is 0 Å². The van der Waals surface area contributed by atoms with E-state index in [0.29, 0.717) is 28.5 Å². The molecule has 7 heteroatoms. The van der Waals surface area contributed by atoms with Crippen molar-refractivity contribution in [2.75, 3.05) is 30.2 Å². The number of ether oxygens (including phenoxy) is 2. The molecule has 0 radical (unpaired) electrons. The molecule has 31 heavy (non-hydrogen) atoms. The molecule has 0 spiro atoms. The molecule has 1 fully saturated rings. The maximum atomic E-state index is 12.8. The fraction of sp³-hybridized carbons (Fsp3) is 0.167. The number of carbonyl (C=O) groups excluding carboxylic acids is 2. The quantitative estimate of drug-likeness (QED) is 0.607. The first-order valence-corrected chi connectivity index (χ1v) is 10.8. The Labute approximate surface area is 185 Å². The maximum Gasteiger partial charge on any atom is 0.259 e. The molecule has 1 aliphatic rings. The number of para-hydroxylation sites is 1. The standard InChI is InChI=1S/C24H22N2O4S/c1-29-19-10-6-9-18(14-19)26-22(27)15-31-24(26)16-7-5-8-17(13-16)25-23(28)20-11-3-4-12-21(20)30-2/h3-14,24H,15H2,1-2H3,(H,25,28). The minimum atomic E-state index is -0.255. The summed E-state index contributed by atoms with van der Waals surface area (Å²) in [5.41, 5.74) is 2.82. The topological polar surface area (TPSA) is 67.9 Å². The van der Waals surface area contributed by atoms with E-state index in [4.69, 9.17) is 9.47 Å². The molecule has 0 bridgehead atoms. The van der Waals surface area contributed by atoms with Crippen molar-refractivity contribution in [3.05, 3.63) is 83.9 Å². The summed E-state index contributed by atoms with van der Waals surface area (Å²) < 4.78 is 10.6. The van der Waals surface area contributed by atoms with Crippen LogP contribution in [0.3, 0.4) is 0 Å². The van der Waals surface area contributed by atoms with Gasteiger partial charge in [-0.15, -0.1) is 11.8 Å². The van der Waals surface area contributed by atoms with Crippen LogP contribution in [-0.2, 0) is 4.79 Å². The minimum absolute atomic E-state index is 0.0340. The lowest BCUT2D eigenvalue weighted by molar-refractivity contribution is -0.115. The lowest BCUT2D eigenvalue weighted by atomic mass is 10.1. The molecule has 1 atom stereocenters. The summed E-state index contributed by atoms with van der Waals surface area (Å²) in [6.45, 7) is 0.